The molecular formula is C42H43ClN2O. The minimum atomic E-state index is -0.603. The molecule has 234 valence electrons. The summed E-state index contributed by atoms with van der Waals surface area (Å²) in [4.78, 5) is 15.6. The van der Waals surface area contributed by atoms with E-state index in [1.54, 1.807) is 5.57 Å². The van der Waals surface area contributed by atoms with Crippen molar-refractivity contribution in [3.63, 3.8) is 0 Å². The Morgan fingerprint density at radius 1 is 0.739 bits per heavy atom. The molecule has 1 saturated heterocycles. The molecule has 3 nitrogen and oxygen atoms in total. The molecule has 4 aromatic rings. The van der Waals surface area contributed by atoms with E-state index in [4.69, 9.17) is 0 Å². The van der Waals surface area contributed by atoms with Crippen molar-refractivity contribution in [2.24, 2.45) is 0 Å². The third kappa shape index (κ3) is 7.42. The Morgan fingerprint density at radius 3 is 1.98 bits per heavy atom. The van der Waals surface area contributed by atoms with E-state index in [0.717, 1.165) is 57.3 Å². The molecule has 6 rings (SSSR count). The minimum Gasteiger partial charge on any atom is -0.303 e. The van der Waals surface area contributed by atoms with Crippen LogP contribution < -0.4 is 0 Å². The number of likely N-dealkylation sites (tertiary alicyclic amines) is 1. The fourth-order valence-electron chi connectivity index (χ4n) is 6.93. The summed E-state index contributed by atoms with van der Waals surface area (Å²) in [5.74, 6) is -0.000327. The van der Waals surface area contributed by atoms with Gasteiger partial charge in [-0.05, 0) is 78.6 Å². The van der Waals surface area contributed by atoms with Gasteiger partial charge in [-0.25, -0.2) is 0 Å². The molecule has 0 amide bonds. The zero-order valence-corrected chi connectivity index (χ0v) is 27.6. The van der Waals surface area contributed by atoms with Gasteiger partial charge in [0.1, 0.15) is 0 Å². The highest BCUT2D eigenvalue weighted by Crippen LogP contribution is 2.39. The summed E-state index contributed by atoms with van der Waals surface area (Å²) in [7, 11) is 0. The summed E-state index contributed by atoms with van der Waals surface area (Å²) >= 11 is 0. The number of carbonyl (C=O) groups excluding carboxylic acids is 1. The highest BCUT2D eigenvalue weighted by Gasteiger charge is 2.27. The van der Waals surface area contributed by atoms with E-state index in [2.05, 4.69) is 71.7 Å². The van der Waals surface area contributed by atoms with Crippen LogP contribution in [-0.4, -0.2) is 30.3 Å². The second-order valence-corrected chi connectivity index (χ2v) is 12.7. The smallest absolute Gasteiger partial charge is 0.193 e. The number of piperidine rings is 1. The zero-order chi connectivity index (χ0) is 31.1. The number of ketones is 1. The Morgan fingerprint density at radius 2 is 1.33 bits per heavy atom. The predicted molar refractivity (Wildman–Crippen MR) is 193 cm³/mol. The average molecular weight is 627 g/mol. The quantitative estimate of drug-likeness (QED) is 0.114. The van der Waals surface area contributed by atoms with Crippen molar-refractivity contribution in [2.45, 2.75) is 57.3 Å². The van der Waals surface area contributed by atoms with Gasteiger partial charge in [0.25, 0.3) is 0 Å². The van der Waals surface area contributed by atoms with Gasteiger partial charge in [0.2, 0.25) is 0 Å². The number of nitrogens with zero attached hydrogens (tertiary/aromatic N) is 2. The summed E-state index contributed by atoms with van der Waals surface area (Å²) in [5.41, 5.74) is 10.0. The number of halogens is 1. The lowest BCUT2D eigenvalue weighted by atomic mass is 9.78. The topological polar surface area (TPSA) is 44.1 Å². The molecule has 2 aliphatic rings. The maximum atomic E-state index is 13.0. The van der Waals surface area contributed by atoms with E-state index < -0.39 is 5.41 Å². The van der Waals surface area contributed by atoms with Crippen molar-refractivity contribution >= 4 is 35.9 Å². The fraction of sp³-hybridized carbons (Fsp3) is 0.286. The maximum Gasteiger partial charge on any atom is 0.193 e. The first kappa shape index (κ1) is 33.1. The molecule has 1 heterocycles. The zero-order valence-electron chi connectivity index (χ0n) is 26.8. The van der Waals surface area contributed by atoms with Crippen molar-refractivity contribution in [1.82, 2.24) is 4.90 Å². The second kappa shape index (κ2) is 15.4. The molecule has 1 aliphatic heterocycles. The third-order valence-corrected chi connectivity index (χ3v) is 9.66. The summed E-state index contributed by atoms with van der Waals surface area (Å²) in [6, 6.07) is 37.2. The number of nitriles is 1. The van der Waals surface area contributed by atoms with Crippen LogP contribution in [0.2, 0.25) is 0 Å². The Kier molecular flexibility index (Phi) is 11.1. The van der Waals surface area contributed by atoms with Gasteiger partial charge in [0.15, 0.2) is 5.78 Å². The standard InChI is InChI=1S/C42H42N2O.ClH/c1-42(31-43,37-19-13-18-36(30-37)41(45)35-16-5-4-6-17-35)26-11-2-3-12-27-44-28-24-34(25-29-44)40-38-20-9-7-14-32(38)22-23-33-15-8-10-21-39(33)40;/h4-10,13-23,30H,2-3,11-12,24-29H2,1H3;1H. The first-order chi connectivity index (χ1) is 22.1. The van der Waals surface area contributed by atoms with Crippen LogP contribution in [0.5, 0.6) is 0 Å². The maximum absolute atomic E-state index is 13.0. The van der Waals surface area contributed by atoms with Gasteiger partial charge in [-0.2, -0.15) is 5.26 Å². The van der Waals surface area contributed by atoms with Crippen molar-refractivity contribution in [2.75, 3.05) is 19.6 Å². The first-order valence-electron chi connectivity index (χ1n) is 16.5. The minimum absolute atomic E-state index is 0. The van der Waals surface area contributed by atoms with Crippen LogP contribution in [0, 0.1) is 11.3 Å². The Bertz CT molecular complexity index is 1700. The predicted octanol–water partition coefficient (Wildman–Crippen LogP) is 10.2. The van der Waals surface area contributed by atoms with Crippen molar-refractivity contribution < 1.29 is 4.79 Å². The van der Waals surface area contributed by atoms with E-state index in [-0.39, 0.29) is 18.2 Å². The van der Waals surface area contributed by atoms with Crippen LogP contribution in [0.4, 0.5) is 0 Å². The number of fused-ring (bicyclic) bond motifs is 2. The summed E-state index contributed by atoms with van der Waals surface area (Å²) < 4.78 is 0. The SMILES string of the molecule is CC(C#N)(CCCCCCN1CCC(=C2c3ccccc3C=Cc3ccccc32)CC1)c1cccc(C(=O)c2ccccc2)c1.Cl. The number of benzene rings is 4. The van der Waals surface area contributed by atoms with Crippen molar-refractivity contribution in [1.29, 1.82) is 5.26 Å². The Hall–Kier alpha value is -4.23. The lowest BCUT2D eigenvalue weighted by Crippen LogP contribution is -2.32. The van der Waals surface area contributed by atoms with Gasteiger partial charge in [-0.3, -0.25) is 4.79 Å². The largest absolute Gasteiger partial charge is 0.303 e. The van der Waals surface area contributed by atoms with Gasteiger partial charge < -0.3 is 4.90 Å². The molecule has 0 N–H and O–H groups in total. The molecule has 0 bridgehead atoms. The number of rotatable bonds is 10. The fourth-order valence-corrected chi connectivity index (χ4v) is 6.93. The molecule has 1 unspecified atom stereocenters. The number of carbonyl (C=O) groups is 1. The molecule has 0 aromatic heterocycles. The van der Waals surface area contributed by atoms with Crippen LogP contribution >= 0.6 is 12.4 Å². The molecule has 1 fully saturated rings. The summed E-state index contributed by atoms with van der Waals surface area (Å²) in [6.45, 7) is 5.37. The number of hydrogen-bond donors (Lipinski definition) is 0. The van der Waals surface area contributed by atoms with E-state index >= 15 is 0 Å². The normalized spacial score (nSPS) is 15.5. The van der Waals surface area contributed by atoms with Crippen LogP contribution in [0.25, 0.3) is 17.7 Å². The van der Waals surface area contributed by atoms with Crippen LogP contribution in [0.1, 0.15) is 95.6 Å². The van der Waals surface area contributed by atoms with Crippen LogP contribution in [-0.2, 0) is 5.41 Å². The summed E-state index contributed by atoms with van der Waals surface area (Å²) in [5, 5.41) is 10.1. The van der Waals surface area contributed by atoms with Crippen LogP contribution in [0.15, 0.2) is 109 Å². The van der Waals surface area contributed by atoms with E-state index in [1.807, 2.05) is 61.5 Å². The lowest BCUT2D eigenvalue weighted by Gasteiger charge is -2.30. The van der Waals surface area contributed by atoms with Gasteiger partial charge >= 0.3 is 0 Å². The molecular weight excluding hydrogens is 584 g/mol. The first-order valence-corrected chi connectivity index (χ1v) is 16.5. The van der Waals surface area contributed by atoms with Crippen molar-refractivity contribution in [3.05, 3.63) is 148 Å². The third-order valence-electron chi connectivity index (χ3n) is 9.66. The molecule has 4 aromatic carbocycles. The summed E-state index contributed by atoms with van der Waals surface area (Å²) in [6.07, 6.45) is 12.0. The van der Waals surface area contributed by atoms with Gasteiger partial charge in [-0.1, -0.05) is 134 Å². The Balaban J connectivity index is 0.00000417. The van der Waals surface area contributed by atoms with E-state index in [9.17, 15) is 10.1 Å². The van der Waals surface area contributed by atoms with E-state index in [0.29, 0.717) is 11.1 Å². The molecule has 0 saturated carbocycles. The molecule has 46 heavy (non-hydrogen) atoms. The molecule has 0 spiro atoms. The number of unbranched alkanes of at least 4 members (excludes halogenated alkanes) is 3. The highest BCUT2D eigenvalue weighted by atomic mass is 35.5. The van der Waals surface area contributed by atoms with E-state index in [1.165, 1.54) is 40.7 Å². The average Bonchev–Trinajstić information content (AvgIpc) is 3.27. The highest BCUT2D eigenvalue weighted by molar-refractivity contribution is 6.09. The van der Waals surface area contributed by atoms with Gasteiger partial charge in [0, 0.05) is 24.2 Å². The molecule has 1 atom stereocenters. The van der Waals surface area contributed by atoms with Crippen LogP contribution in [0.3, 0.4) is 0 Å². The lowest BCUT2D eigenvalue weighted by molar-refractivity contribution is 0.103. The van der Waals surface area contributed by atoms with Gasteiger partial charge in [0.05, 0.1) is 11.5 Å². The monoisotopic (exact) mass is 626 g/mol. The van der Waals surface area contributed by atoms with Crippen molar-refractivity contribution in [3.8, 4) is 6.07 Å². The van der Waals surface area contributed by atoms with Gasteiger partial charge in [-0.15, -0.1) is 12.4 Å². The molecule has 1 aliphatic carbocycles. The Labute approximate surface area is 280 Å². The molecule has 0 radical (unpaired) electrons. The second-order valence-electron chi connectivity index (χ2n) is 12.7. The number of hydrogen-bond acceptors (Lipinski definition) is 3. The molecule has 4 heteroatoms.